The van der Waals surface area contributed by atoms with Crippen LogP contribution in [0.15, 0.2) is 6.07 Å². The highest BCUT2D eigenvalue weighted by Gasteiger charge is 2.26. The monoisotopic (exact) mass is 277 g/mol. The zero-order valence-corrected chi connectivity index (χ0v) is 11.9. The van der Waals surface area contributed by atoms with Crippen molar-refractivity contribution < 1.29 is 5.11 Å². The number of hydrogen-bond donors (Lipinski definition) is 2. The third-order valence-electron chi connectivity index (χ3n) is 2.76. The SMILES string of the molecule is CNc1nc(N(C)C(C)(C)CO)c(Cl)cc1Cl. The van der Waals surface area contributed by atoms with E-state index in [0.717, 1.165) is 0 Å². The molecule has 0 radical (unpaired) electrons. The topological polar surface area (TPSA) is 48.4 Å². The summed E-state index contributed by atoms with van der Waals surface area (Å²) in [6, 6.07) is 1.64. The lowest BCUT2D eigenvalue weighted by atomic mass is 10.1. The molecule has 0 saturated heterocycles. The Morgan fingerprint density at radius 2 is 2.00 bits per heavy atom. The normalized spacial score (nSPS) is 11.5. The van der Waals surface area contributed by atoms with E-state index >= 15 is 0 Å². The quantitative estimate of drug-likeness (QED) is 0.889. The Kier molecular flexibility index (Phi) is 4.47. The molecule has 96 valence electrons. The van der Waals surface area contributed by atoms with E-state index in [-0.39, 0.29) is 6.61 Å². The Bertz CT molecular complexity index is 410. The lowest BCUT2D eigenvalue weighted by molar-refractivity contribution is 0.215. The second-order valence-electron chi connectivity index (χ2n) is 4.40. The number of hydrogen-bond acceptors (Lipinski definition) is 4. The maximum absolute atomic E-state index is 9.34. The fourth-order valence-corrected chi connectivity index (χ4v) is 1.84. The number of halogens is 2. The van der Waals surface area contributed by atoms with E-state index in [9.17, 15) is 5.11 Å². The first-order valence-electron chi connectivity index (χ1n) is 5.22. The van der Waals surface area contributed by atoms with Crippen LogP contribution in [0.25, 0.3) is 0 Å². The van der Waals surface area contributed by atoms with Crippen LogP contribution in [0.5, 0.6) is 0 Å². The second-order valence-corrected chi connectivity index (χ2v) is 5.22. The summed E-state index contributed by atoms with van der Waals surface area (Å²) in [6.45, 7) is 3.80. The molecule has 0 bridgehead atoms. The van der Waals surface area contributed by atoms with Crippen molar-refractivity contribution in [3.05, 3.63) is 16.1 Å². The molecule has 4 nitrogen and oxygen atoms in total. The molecule has 1 aromatic rings. The first-order valence-corrected chi connectivity index (χ1v) is 5.97. The molecule has 0 aliphatic carbocycles. The van der Waals surface area contributed by atoms with Crippen LogP contribution < -0.4 is 10.2 Å². The van der Waals surface area contributed by atoms with Gasteiger partial charge in [0.05, 0.1) is 22.2 Å². The van der Waals surface area contributed by atoms with E-state index in [1.165, 1.54) is 0 Å². The molecule has 0 aromatic carbocycles. The summed E-state index contributed by atoms with van der Waals surface area (Å²) >= 11 is 12.1. The Labute approximate surface area is 112 Å². The minimum Gasteiger partial charge on any atom is -0.394 e. The third-order valence-corrected chi connectivity index (χ3v) is 3.33. The molecular formula is C11H17Cl2N3O. The summed E-state index contributed by atoms with van der Waals surface area (Å²) in [4.78, 5) is 6.17. The number of anilines is 2. The predicted molar refractivity (Wildman–Crippen MR) is 73.4 cm³/mol. The molecule has 0 saturated carbocycles. The molecule has 6 heteroatoms. The molecule has 1 aromatic heterocycles. The number of nitrogens with one attached hydrogen (secondary N) is 1. The van der Waals surface area contributed by atoms with Gasteiger partial charge in [-0.25, -0.2) is 4.98 Å². The van der Waals surface area contributed by atoms with Crippen molar-refractivity contribution in [2.45, 2.75) is 19.4 Å². The Hall–Kier alpha value is -0.710. The number of nitrogens with zero attached hydrogens (tertiary/aromatic N) is 2. The van der Waals surface area contributed by atoms with Gasteiger partial charge in [-0.3, -0.25) is 0 Å². The van der Waals surface area contributed by atoms with E-state index in [1.54, 1.807) is 13.1 Å². The number of aromatic nitrogens is 1. The van der Waals surface area contributed by atoms with E-state index in [0.29, 0.717) is 21.7 Å². The smallest absolute Gasteiger partial charge is 0.150 e. The fraction of sp³-hybridized carbons (Fsp3) is 0.545. The van der Waals surface area contributed by atoms with E-state index in [1.807, 2.05) is 25.8 Å². The van der Waals surface area contributed by atoms with Gasteiger partial charge >= 0.3 is 0 Å². The number of pyridine rings is 1. The Morgan fingerprint density at radius 1 is 1.41 bits per heavy atom. The van der Waals surface area contributed by atoms with Crippen LogP contribution in [0.4, 0.5) is 11.6 Å². The van der Waals surface area contributed by atoms with E-state index in [4.69, 9.17) is 23.2 Å². The van der Waals surface area contributed by atoms with Crippen molar-refractivity contribution in [2.75, 3.05) is 30.9 Å². The van der Waals surface area contributed by atoms with Gasteiger partial charge < -0.3 is 15.3 Å². The largest absolute Gasteiger partial charge is 0.394 e. The van der Waals surface area contributed by atoms with Crippen molar-refractivity contribution in [2.24, 2.45) is 0 Å². The lowest BCUT2D eigenvalue weighted by Gasteiger charge is -2.35. The van der Waals surface area contributed by atoms with Crippen LogP contribution in [0.1, 0.15) is 13.8 Å². The number of rotatable bonds is 4. The molecule has 17 heavy (non-hydrogen) atoms. The van der Waals surface area contributed by atoms with Crippen molar-refractivity contribution in [3.8, 4) is 0 Å². The standard InChI is InChI=1S/C11H17Cl2N3O/c1-11(2,6-17)16(4)10-8(13)5-7(12)9(14-3)15-10/h5,17H,6H2,1-4H3,(H,14,15). The van der Waals surface area contributed by atoms with Crippen molar-refractivity contribution >= 4 is 34.8 Å². The lowest BCUT2D eigenvalue weighted by Crippen LogP contribution is -2.45. The molecule has 0 unspecified atom stereocenters. The first-order chi connectivity index (χ1) is 7.83. The van der Waals surface area contributed by atoms with Crippen LogP contribution in [0.2, 0.25) is 10.0 Å². The summed E-state index contributed by atoms with van der Waals surface area (Å²) in [5, 5.41) is 13.2. The zero-order valence-electron chi connectivity index (χ0n) is 10.4. The number of aliphatic hydroxyl groups is 1. The molecular weight excluding hydrogens is 261 g/mol. The van der Waals surface area contributed by atoms with Gasteiger partial charge in [-0.1, -0.05) is 23.2 Å². The molecule has 0 aliphatic heterocycles. The maximum Gasteiger partial charge on any atom is 0.150 e. The van der Waals surface area contributed by atoms with E-state index in [2.05, 4.69) is 10.3 Å². The minimum atomic E-state index is -0.449. The van der Waals surface area contributed by atoms with Crippen molar-refractivity contribution in [1.29, 1.82) is 0 Å². The molecule has 1 rings (SSSR count). The zero-order chi connectivity index (χ0) is 13.2. The highest BCUT2D eigenvalue weighted by atomic mass is 35.5. The summed E-state index contributed by atoms with van der Waals surface area (Å²) in [5.41, 5.74) is -0.449. The highest BCUT2D eigenvalue weighted by molar-refractivity contribution is 6.37. The van der Waals surface area contributed by atoms with Gasteiger partial charge in [0.2, 0.25) is 0 Å². The molecule has 1 heterocycles. The van der Waals surface area contributed by atoms with Gasteiger partial charge in [0.15, 0.2) is 0 Å². The summed E-state index contributed by atoms with van der Waals surface area (Å²) in [5.74, 6) is 1.14. The average molecular weight is 278 g/mol. The number of aliphatic hydroxyl groups excluding tert-OH is 1. The Balaban J connectivity index is 3.22. The third kappa shape index (κ3) is 2.94. The molecule has 2 N–H and O–H groups in total. The fourth-order valence-electron chi connectivity index (χ4n) is 1.26. The summed E-state index contributed by atoms with van der Waals surface area (Å²) in [6.07, 6.45) is 0. The van der Waals surface area contributed by atoms with Crippen LogP contribution in [-0.2, 0) is 0 Å². The van der Waals surface area contributed by atoms with Gasteiger partial charge in [-0.05, 0) is 19.9 Å². The van der Waals surface area contributed by atoms with Gasteiger partial charge in [-0.15, -0.1) is 0 Å². The molecule has 0 atom stereocenters. The van der Waals surface area contributed by atoms with Gasteiger partial charge in [-0.2, -0.15) is 0 Å². The summed E-state index contributed by atoms with van der Waals surface area (Å²) in [7, 11) is 3.57. The molecule has 0 aliphatic rings. The molecule has 0 fully saturated rings. The van der Waals surface area contributed by atoms with E-state index < -0.39 is 5.54 Å². The number of likely N-dealkylation sites (N-methyl/N-ethyl adjacent to an activating group) is 1. The van der Waals surface area contributed by atoms with Crippen molar-refractivity contribution in [3.63, 3.8) is 0 Å². The minimum absolute atomic E-state index is 0.000970. The summed E-state index contributed by atoms with van der Waals surface area (Å²) < 4.78 is 0. The average Bonchev–Trinajstić information content (AvgIpc) is 2.28. The van der Waals surface area contributed by atoms with Crippen LogP contribution in [0, 0.1) is 0 Å². The maximum atomic E-state index is 9.34. The molecule has 0 amide bonds. The van der Waals surface area contributed by atoms with Crippen LogP contribution in [-0.4, -0.2) is 36.3 Å². The Morgan fingerprint density at radius 3 is 2.47 bits per heavy atom. The predicted octanol–water partition coefficient (Wildman–Crippen LogP) is 2.64. The van der Waals surface area contributed by atoms with Gasteiger partial charge in [0, 0.05) is 14.1 Å². The van der Waals surface area contributed by atoms with Gasteiger partial charge in [0.25, 0.3) is 0 Å². The second kappa shape index (κ2) is 5.29. The van der Waals surface area contributed by atoms with Crippen LogP contribution >= 0.6 is 23.2 Å². The highest BCUT2D eigenvalue weighted by Crippen LogP contribution is 2.33. The van der Waals surface area contributed by atoms with Gasteiger partial charge in [0.1, 0.15) is 11.6 Å². The molecule has 0 spiro atoms. The van der Waals surface area contributed by atoms with Crippen LogP contribution in [0.3, 0.4) is 0 Å². The first kappa shape index (κ1) is 14.4. The van der Waals surface area contributed by atoms with Crippen molar-refractivity contribution in [1.82, 2.24) is 4.98 Å².